The average molecular weight is 402 g/mol. The van der Waals surface area contributed by atoms with Crippen LogP contribution in [0.25, 0.3) is 0 Å². The zero-order valence-corrected chi connectivity index (χ0v) is 17.0. The molecule has 0 fully saturated rings. The van der Waals surface area contributed by atoms with Crippen LogP contribution in [-0.4, -0.2) is 55.2 Å². The van der Waals surface area contributed by atoms with Crippen LogP contribution in [0, 0.1) is 6.92 Å². The molecule has 0 radical (unpaired) electrons. The van der Waals surface area contributed by atoms with Crippen molar-refractivity contribution < 1.29 is 28.9 Å². The van der Waals surface area contributed by atoms with Gasteiger partial charge >= 0.3 is 11.9 Å². The molecular weight excluding hydrogens is 378 g/mol. The first kappa shape index (κ1) is 22.0. The van der Waals surface area contributed by atoms with Crippen LogP contribution in [-0.2, 0) is 20.0 Å². The molecule has 7 nitrogen and oxygen atoms in total. The second-order valence-corrected chi connectivity index (χ2v) is 7.00. The van der Waals surface area contributed by atoms with Gasteiger partial charge in [-0.25, -0.2) is 9.59 Å². The maximum absolute atomic E-state index is 12.2. The minimum absolute atomic E-state index is 0.0751. The van der Waals surface area contributed by atoms with Crippen LogP contribution < -0.4 is 10.1 Å². The van der Waals surface area contributed by atoms with Crippen molar-refractivity contribution in [3.8, 4) is 11.5 Å². The molecule has 0 saturated carbocycles. The molecule has 1 atom stereocenters. The number of hydrogen-bond donors (Lipinski definition) is 2. The lowest BCUT2D eigenvalue weighted by molar-refractivity contribution is -0.142. The highest BCUT2D eigenvalue weighted by Gasteiger charge is 2.24. The Kier molecular flexibility index (Phi) is 8.67. The molecule has 26 heavy (non-hydrogen) atoms. The van der Waals surface area contributed by atoms with Crippen LogP contribution in [0.3, 0.4) is 0 Å². The van der Waals surface area contributed by atoms with Gasteiger partial charge in [-0.05, 0) is 13.8 Å². The summed E-state index contributed by atoms with van der Waals surface area (Å²) < 4.78 is 14.8. The van der Waals surface area contributed by atoms with Gasteiger partial charge in [-0.1, -0.05) is 12.2 Å². The zero-order chi connectivity index (χ0) is 19.9. The first-order chi connectivity index (χ1) is 12.3. The Morgan fingerprint density at radius 2 is 1.96 bits per heavy atom. The molecule has 0 unspecified atom stereocenters. The number of rotatable bonds is 8. The summed E-state index contributed by atoms with van der Waals surface area (Å²) in [6.45, 7) is 3.39. The van der Waals surface area contributed by atoms with Crippen molar-refractivity contribution in [1.82, 2.24) is 5.32 Å². The lowest BCUT2D eigenvalue weighted by Gasteiger charge is -2.18. The molecule has 0 aliphatic heterocycles. The number of phenolic OH excluding ortho intramolecular Hbond substituents is 1. The van der Waals surface area contributed by atoms with E-state index in [1.54, 1.807) is 13.8 Å². The van der Waals surface area contributed by atoms with Crippen LogP contribution in [0.15, 0.2) is 6.07 Å². The quantitative estimate of drug-likeness (QED) is 0.502. The number of benzene rings is 1. The molecule has 0 saturated heterocycles. The molecule has 0 amide bonds. The molecular formula is C17H23NO6S2. The monoisotopic (exact) mass is 401 g/mol. The predicted octanol–water partition coefficient (Wildman–Crippen LogP) is 2.21. The number of thiocarbonyl (C=S) groups is 1. The van der Waals surface area contributed by atoms with Crippen molar-refractivity contribution in [1.29, 1.82) is 0 Å². The minimum atomic E-state index is -0.620. The number of thioether (sulfide) groups is 1. The summed E-state index contributed by atoms with van der Waals surface area (Å²) in [6.07, 6.45) is 0. The molecule has 0 aliphatic carbocycles. The van der Waals surface area contributed by atoms with Crippen LogP contribution >= 0.6 is 24.0 Å². The third-order valence-electron chi connectivity index (χ3n) is 3.63. The van der Waals surface area contributed by atoms with E-state index in [1.165, 1.54) is 39.2 Å². The van der Waals surface area contributed by atoms with Gasteiger partial charge in [-0.2, -0.15) is 11.8 Å². The summed E-state index contributed by atoms with van der Waals surface area (Å²) >= 11 is 6.32. The number of aromatic hydroxyl groups is 1. The number of phenols is 1. The second kappa shape index (κ2) is 10.2. The van der Waals surface area contributed by atoms with Gasteiger partial charge in [-0.15, -0.1) is 0 Å². The van der Waals surface area contributed by atoms with E-state index in [4.69, 9.17) is 26.4 Å². The Bertz CT molecular complexity index is 692. The van der Waals surface area contributed by atoms with Crippen molar-refractivity contribution in [3.05, 3.63) is 22.8 Å². The summed E-state index contributed by atoms with van der Waals surface area (Å²) in [5, 5.41) is 13.2. The molecule has 0 spiro atoms. The van der Waals surface area contributed by atoms with E-state index < -0.39 is 18.0 Å². The average Bonchev–Trinajstić information content (AvgIpc) is 2.61. The number of carbonyl (C=O) groups excluding carboxylic acids is 2. The van der Waals surface area contributed by atoms with Crippen LogP contribution in [0.2, 0.25) is 0 Å². The second-order valence-electron chi connectivity index (χ2n) is 5.36. The molecule has 0 aliphatic rings. The summed E-state index contributed by atoms with van der Waals surface area (Å²) in [5.74, 6) is -0.0656. The van der Waals surface area contributed by atoms with E-state index >= 15 is 0 Å². The highest BCUT2D eigenvalue weighted by Crippen LogP contribution is 2.35. The molecule has 0 bridgehead atoms. The highest BCUT2D eigenvalue weighted by atomic mass is 32.2. The van der Waals surface area contributed by atoms with E-state index in [-0.39, 0.29) is 17.1 Å². The first-order valence-electron chi connectivity index (χ1n) is 7.67. The van der Waals surface area contributed by atoms with E-state index in [1.807, 2.05) is 0 Å². The Morgan fingerprint density at radius 1 is 1.31 bits per heavy atom. The number of esters is 2. The van der Waals surface area contributed by atoms with Crippen molar-refractivity contribution in [3.63, 3.8) is 0 Å². The predicted molar refractivity (Wildman–Crippen MR) is 104 cm³/mol. The SMILES string of the molecule is COC(=O)c1c(C)c(OC)cc(O)c1CSC[C@H](NC(C)=S)C(=O)OC. The first-order valence-corrected chi connectivity index (χ1v) is 9.23. The van der Waals surface area contributed by atoms with Gasteiger partial charge in [0.2, 0.25) is 0 Å². The van der Waals surface area contributed by atoms with Crippen LogP contribution in [0.4, 0.5) is 0 Å². The summed E-state index contributed by atoms with van der Waals surface area (Å²) in [7, 11) is 4.03. The Morgan fingerprint density at radius 3 is 2.46 bits per heavy atom. The minimum Gasteiger partial charge on any atom is -0.507 e. The third kappa shape index (κ3) is 5.50. The van der Waals surface area contributed by atoms with Crippen molar-refractivity contribution >= 4 is 40.9 Å². The molecule has 9 heteroatoms. The van der Waals surface area contributed by atoms with Crippen molar-refractivity contribution in [2.45, 2.75) is 25.6 Å². The van der Waals surface area contributed by atoms with E-state index in [2.05, 4.69) is 5.32 Å². The number of carbonyl (C=O) groups is 2. The number of methoxy groups -OCH3 is 3. The van der Waals surface area contributed by atoms with Gasteiger partial charge in [0, 0.05) is 28.7 Å². The molecule has 1 aromatic carbocycles. The Labute approximate surface area is 162 Å². The molecule has 0 heterocycles. The summed E-state index contributed by atoms with van der Waals surface area (Å²) in [5.41, 5.74) is 1.25. The van der Waals surface area contributed by atoms with Gasteiger partial charge in [0.15, 0.2) is 0 Å². The third-order valence-corrected chi connectivity index (χ3v) is 4.81. The molecule has 1 rings (SSSR count). The van der Waals surface area contributed by atoms with Crippen LogP contribution in [0.1, 0.15) is 28.4 Å². The van der Waals surface area contributed by atoms with E-state index in [0.29, 0.717) is 27.6 Å². The number of nitrogens with one attached hydrogen (secondary N) is 1. The zero-order valence-electron chi connectivity index (χ0n) is 15.4. The topological polar surface area (TPSA) is 94.1 Å². The molecule has 0 aromatic heterocycles. The van der Waals surface area contributed by atoms with Gasteiger partial charge in [-0.3, -0.25) is 0 Å². The fraction of sp³-hybridized carbons (Fsp3) is 0.471. The maximum Gasteiger partial charge on any atom is 0.338 e. The lowest BCUT2D eigenvalue weighted by Crippen LogP contribution is -2.41. The number of hydrogen-bond acceptors (Lipinski definition) is 8. The molecule has 144 valence electrons. The van der Waals surface area contributed by atoms with Gasteiger partial charge in [0.1, 0.15) is 17.5 Å². The van der Waals surface area contributed by atoms with E-state index in [0.717, 1.165) is 0 Å². The fourth-order valence-corrected chi connectivity index (χ4v) is 3.58. The molecule has 2 N–H and O–H groups in total. The van der Waals surface area contributed by atoms with Crippen molar-refractivity contribution in [2.24, 2.45) is 0 Å². The van der Waals surface area contributed by atoms with Crippen molar-refractivity contribution in [2.75, 3.05) is 27.1 Å². The Balaban J connectivity index is 3.05. The van der Waals surface area contributed by atoms with Gasteiger partial charge < -0.3 is 24.6 Å². The highest BCUT2D eigenvalue weighted by molar-refractivity contribution is 7.98. The summed E-state index contributed by atoms with van der Waals surface area (Å²) in [6, 6.07) is 0.833. The van der Waals surface area contributed by atoms with Crippen LogP contribution in [0.5, 0.6) is 11.5 Å². The smallest absolute Gasteiger partial charge is 0.338 e. The summed E-state index contributed by atoms with van der Waals surface area (Å²) in [4.78, 5) is 24.5. The number of ether oxygens (including phenoxy) is 3. The Hall–Kier alpha value is -2.00. The normalized spacial score (nSPS) is 11.4. The maximum atomic E-state index is 12.2. The molecule has 1 aromatic rings. The largest absolute Gasteiger partial charge is 0.507 e. The van der Waals surface area contributed by atoms with Gasteiger partial charge in [0.25, 0.3) is 0 Å². The van der Waals surface area contributed by atoms with Gasteiger partial charge in [0.05, 0.1) is 31.9 Å². The fourth-order valence-electron chi connectivity index (χ4n) is 2.37. The van der Waals surface area contributed by atoms with E-state index in [9.17, 15) is 14.7 Å². The lowest BCUT2D eigenvalue weighted by atomic mass is 10.0. The standard InChI is InChI=1S/C17H23NO6S2/c1-9-14(22-3)6-13(19)11(15(9)17(21)24-5)7-26-8-12(16(20)23-4)18-10(2)25/h6,12,19H,7-8H2,1-5H3,(H,18,25)/t12-/m0/s1.